The lowest BCUT2D eigenvalue weighted by molar-refractivity contribution is 0.128. The zero-order valence-electron chi connectivity index (χ0n) is 18.0. The summed E-state index contributed by atoms with van der Waals surface area (Å²) in [6.07, 6.45) is 5.85. The van der Waals surface area contributed by atoms with Gasteiger partial charge in [0.2, 0.25) is 0 Å². The molecule has 2 aliphatic heterocycles. The maximum atomic E-state index is 13.1. The average Bonchev–Trinajstić information content (AvgIpc) is 3.29. The van der Waals surface area contributed by atoms with Crippen molar-refractivity contribution in [2.45, 2.75) is 13.1 Å². The van der Waals surface area contributed by atoms with E-state index in [9.17, 15) is 13.2 Å². The fourth-order valence-corrected chi connectivity index (χ4v) is 5.72. The molecule has 34 heavy (non-hydrogen) atoms. The zero-order valence-corrected chi connectivity index (χ0v) is 19.6. The van der Waals surface area contributed by atoms with Gasteiger partial charge >= 0.3 is 12.1 Å². The van der Waals surface area contributed by atoms with Crippen molar-refractivity contribution < 1.29 is 17.9 Å². The van der Waals surface area contributed by atoms with Gasteiger partial charge in [-0.15, -0.1) is 0 Å². The molecule has 1 aromatic carbocycles. The molecule has 0 atom stereocenters. The fourth-order valence-electron chi connectivity index (χ4n) is 3.96. The van der Waals surface area contributed by atoms with Crippen molar-refractivity contribution in [2.75, 3.05) is 26.2 Å². The molecule has 0 N–H and O–H groups in total. The molecule has 2 aromatic heterocycles. The van der Waals surface area contributed by atoms with E-state index in [1.165, 1.54) is 13.5 Å². The Labute approximate surface area is 202 Å². The predicted molar refractivity (Wildman–Crippen MR) is 124 cm³/mol. The third kappa shape index (κ3) is 4.60. The summed E-state index contributed by atoms with van der Waals surface area (Å²) in [5.41, 5.74) is 3.53. The third-order valence-corrected chi connectivity index (χ3v) is 8.00. The van der Waals surface area contributed by atoms with Crippen LogP contribution in [0.5, 0.6) is 6.01 Å². The monoisotopic (exact) mass is 500 g/mol. The van der Waals surface area contributed by atoms with Gasteiger partial charge in [0.05, 0.1) is 0 Å². The second-order valence-electron chi connectivity index (χ2n) is 7.93. The van der Waals surface area contributed by atoms with Crippen molar-refractivity contribution in [2.24, 2.45) is 0 Å². The van der Waals surface area contributed by atoms with Gasteiger partial charge in [-0.1, -0.05) is 17.7 Å². The zero-order chi connectivity index (χ0) is 23.7. The number of amides is 1. The summed E-state index contributed by atoms with van der Waals surface area (Å²) in [5, 5.41) is 0.584. The molecular weight excluding hydrogens is 480 g/mol. The Morgan fingerprint density at radius 2 is 1.56 bits per heavy atom. The summed E-state index contributed by atoms with van der Waals surface area (Å²) in [7, 11) is -3.67. The molecule has 0 spiro atoms. The highest BCUT2D eigenvalue weighted by Crippen LogP contribution is 2.29. The smallest absolute Gasteiger partial charge is 0.374 e. The SMILES string of the molecule is O=C(Oc1ncc(-c2ccncc2)cn1)N1CCN(S(=O)(=O)N2Cc3ccc(Cl)cc3C2)CC1. The Bertz CT molecular complexity index is 1300. The molecule has 12 heteroatoms. The lowest BCUT2D eigenvalue weighted by Gasteiger charge is -2.35. The molecule has 0 bridgehead atoms. The van der Waals surface area contributed by atoms with Gasteiger partial charge in [0.25, 0.3) is 10.2 Å². The Morgan fingerprint density at radius 3 is 2.26 bits per heavy atom. The van der Waals surface area contributed by atoms with Crippen molar-refractivity contribution in [3.8, 4) is 17.1 Å². The highest BCUT2D eigenvalue weighted by molar-refractivity contribution is 7.86. The molecular formula is C22H21ClN6O4S. The van der Waals surface area contributed by atoms with Crippen molar-refractivity contribution in [1.29, 1.82) is 0 Å². The number of pyridine rings is 1. The Balaban J connectivity index is 1.16. The van der Waals surface area contributed by atoms with Gasteiger partial charge in [-0.05, 0) is 41.0 Å². The minimum atomic E-state index is -3.67. The van der Waals surface area contributed by atoms with Gasteiger partial charge < -0.3 is 9.64 Å². The first-order valence-electron chi connectivity index (χ1n) is 10.6. The molecule has 1 saturated heterocycles. The van der Waals surface area contributed by atoms with Crippen LogP contribution in [0.15, 0.2) is 55.1 Å². The first-order chi connectivity index (χ1) is 16.4. The Kier molecular flexibility index (Phi) is 6.17. The van der Waals surface area contributed by atoms with E-state index in [-0.39, 0.29) is 38.7 Å². The molecule has 2 aliphatic rings. The van der Waals surface area contributed by atoms with E-state index >= 15 is 0 Å². The molecule has 0 unspecified atom stereocenters. The van der Waals surface area contributed by atoms with Gasteiger partial charge in [0.1, 0.15) is 0 Å². The van der Waals surface area contributed by atoms with Gasteiger partial charge in [-0.3, -0.25) is 4.98 Å². The molecule has 0 radical (unpaired) electrons. The Hall–Kier alpha value is -3.12. The fraction of sp³-hybridized carbons (Fsp3) is 0.273. The highest BCUT2D eigenvalue weighted by atomic mass is 35.5. The first kappa shape index (κ1) is 22.7. The predicted octanol–water partition coefficient (Wildman–Crippen LogP) is 2.57. The molecule has 176 valence electrons. The van der Waals surface area contributed by atoms with E-state index in [0.29, 0.717) is 11.6 Å². The van der Waals surface area contributed by atoms with Crippen LogP contribution in [0.1, 0.15) is 11.1 Å². The molecule has 10 nitrogen and oxygen atoms in total. The lowest BCUT2D eigenvalue weighted by Crippen LogP contribution is -2.54. The van der Waals surface area contributed by atoms with Crippen molar-refractivity contribution in [1.82, 2.24) is 28.5 Å². The molecule has 0 aliphatic carbocycles. The van der Waals surface area contributed by atoms with Crippen LogP contribution >= 0.6 is 11.6 Å². The molecule has 3 aromatic rings. The summed E-state index contributed by atoms with van der Waals surface area (Å²) >= 11 is 6.03. The van der Waals surface area contributed by atoms with E-state index in [1.54, 1.807) is 36.9 Å². The van der Waals surface area contributed by atoms with Crippen LogP contribution in [0.3, 0.4) is 0 Å². The number of piperazine rings is 1. The Morgan fingerprint density at radius 1 is 0.882 bits per heavy atom. The molecule has 0 saturated carbocycles. The number of ether oxygens (including phenoxy) is 1. The number of carbonyl (C=O) groups excluding carboxylic acids is 1. The lowest BCUT2D eigenvalue weighted by atomic mass is 10.1. The van der Waals surface area contributed by atoms with E-state index in [1.807, 2.05) is 18.2 Å². The van der Waals surface area contributed by atoms with E-state index in [2.05, 4.69) is 15.0 Å². The number of nitrogens with zero attached hydrogens (tertiary/aromatic N) is 6. The molecule has 1 amide bonds. The first-order valence-corrected chi connectivity index (χ1v) is 12.4. The number of benzene rings is 1. The number of halogens is 1. The van der Waals surface area contributed by atoms with E-state index < -0.39 is 16.3 Å². The second-order valence-corrected chi connectivity index (χ2v) is 10.3. The number of hydrogen-bond donors (Lipinski definition) is 0. The molecule has 4 heterocycles. The summed E-state index contributed by atoms with van der Waals surface area (Å²) in [6.45, 7) is 1.36. The van der Waals surface area contributed by atoms with Crippen LogP contribution in [0.25, 0.3) is 11.1 Å². The van der Waals surface area contributed by atoms with Gasteiger partial charge in [-0.2, -0.15) is 17.0 Å². The normalized spacial score (nSPS) is 16.9. The molecule has 1 fully saturated rings. The van der Waals surface area contributed by atoms with Crippen LogP contribution < -0.4 is 4.74 Å². The number of carbonyl (C=O) groups is 1. The quantitative estimate of drug-likeness (QED) is 0.541. The number of rotatable bonds is 4. The number of hydrogen-bond acceptors (Lipinski definition) is 7. The van der Waals surface area contributed by atoms with E-state index in [4.69, 9.17) is 16.3 Å². The second kappa shape index (κ2) is 9.26. The van der Waals surface area contributed by atoms with Crippen LogP contribution in [0.2, 0.25) is 5.02 Å². The maximum absolute atomic E-state index is 13.1. The summed E-state index contributed by atoms with van der Waals surface area (Å²) in [4.78, 5) is 26.2. The van der Waals surface area contributed by atoms with Gasteiger partial charge in [-0.25, -0.2) is 14.8 Å². The summed E-state index contributed by atoms with van der Waals surface area (Å²) < 4.78 is 34.3. The molecule has 5 rings (SSSR count). The largest absolute Gasteiger partial charge is 0.417 e. The van der Waals surface area contributed by atoms with Crippen LogP contribution in [-0.4, -0.2) is 69.2 Å². The van der Waals surface area contributed by atoms with E-state index in [0.717, 1.165) is 22.3 Å². The minimum absolute atomic E-state index is 0.0636. The van der Waals surface area contributed by atoms with Crippen LogP contribution in [-0.2, 0) is 23.3 Å². The maximum Gasteiger partial charge on any atom is 0.417 e. The number of fused-ring (bicyclic) bond motifs is 1. The third-order valence-electron chi connectivity index (χ3n) is 5.83. The number of aromatic nitrogens is 3. The standard InChI is InChI=1S/C22H21ClN6O4S/c23-20-2-1-17-14-29(15-18(17)11-20)34(31,32)28-9-7-27(8-10-28)22(30)33-21-25-12-19(13-26-21)16-3-5-24-6-4-16/h1-6,11-13H,7-10,14-15H2. The van der Waals surface area contributed by atoms with Gasteiger partial charge in [0, 0.05) is 74.6 Å². The van der Waals surface area contributed by atoms with Crippen LogP contribution in [0.4, 0.5) is 4.79 Å². The summed E-state index contributed by atoms with van der Waals surface area (Å²) in [6, 6.07) is 9.00. The van der Waals surface area contributed by atoms with Crippen LogP contribution in [0, 0.1) is 0 Å². The van der Waals surface area contributed by atoms with Crippen molar-refractivity contribution >= 4 is 27.9 Å². The summed E-state index contributed by atoms with van der Waals surface area (Å²) in [5.74, 6) is 0. The minimum Gasteiger partial charge on any atom is -0.374 e. The average molecular weight is 501 g/mol. The van der Waals surface area contributed by atoms with Crippen molar-refractivity contribution in [3.05, 3.63) is 71.3 Å². The highest BCUT2D eigenvalue weighted by Gasteiger charge is 2.37. The topological polar surface area (TPSA) is 109 Å². The van der Waals surface area contributed by atoms with Gasteiger partial charge in [0.15, 0.2) is 0 Å². The van der Waals surface area contributed by atoms with Crippen molar-refractivity contribution in [3.63, 3.8) is 0 Å².